The number of piperazine rings is 1. The Labute approximate surface area is 166 Å². The molecule has 4 heterocycles. The van der Waals surface area contributed by atoms with Crippen molar-refractivity contribution in [2.45, 2.75) is 44.8 Å². The van der Waals surface area contributed by atoms with E-state index in [0.29, 0.717) is 31.2 Å². The summed E-state index contributed by atoms with van der Waals surface area (Å²) in [6, 6.07) is 0.203. The van der Waals surface area contributed by atoms with Crippen LogP contribution in [-0.2, 0) is 6.54 Å². The highest BCUT2D eigenvalue weighted by atomic mass is 32.1. The lowest BCUT2D eigenvalue weighted by Gasteiger charge is -2.43. The number of amides is 2. The van der Waals surface area contributed by atoms with Gasteiger partial charge in [-0.25, -0.2) is 0 Å². The van der Waals surface area contributed by atoms with Gasteiger partial charge in [-0.15, -0.1) is 15.3 Å². The van der Waals surface area contributed by atoms with Crippen molar-refractivity contribution in [2.24, 2.45) is 0 Å². The van der Waals surface area contributed by atoms with Gasteiger partial charge in [-0.2, -0.15) is 0 Å². The fourth-order valence-corrected chi connectivity index (χ4v) is 4.54. The molecule has 0 aromatic carbocycles. The summed E-state index contributed by atoms with van der Waals surface area (Å²) in [7, 11) is 0. The molecule has 2 amide bonds. The molecule has 1 aliphatic carbocycles. The molecule has 1 N–H and O–H groups in total. The van der Waals surface area contributed by atoms with Crippen LogP contribution in [0.1, 0.15) is 57.1 Å². The van der Waals surface area contributed by atoms with Crippen LogP contribution < -0.4 is 5.32 Å². The molecule has 11 heteroatoms. The van der Waals surface area contributed by atoms with Gasteiger partial charge in [0.25, 0.3) is 11.8 Å². The summed E-state index contributed by atoms with van der Waals surface area (Å²) in [5.74, 6) is 0.899. The summed E-state index contributed by atoms with van der Waals surface area (Å²) in [6.07, 6.45) is 3.23. The van der Waals surface area contributed by atoms with E-state index in [2.05, 4.69) is 30.0 Å². The van der Waals surface area contributed by atoms with E-state index in [1.165, 1.54) is 11.5 Å². The molecular formula is C17H22N8O2S. The van der Waals surface area contributed by atoms with Crippen molar-refractivity contribution >= 4 is 23.3 Å². The van der Waals surface area contributed by atoms with Crippen molar-refractivity contribution in [3.8, 4) is 0 Å². The zero-order valence-corrected chi connectivity index (χ0v) is 16.5. The second-order valence-electron chi connectivity index (χ2n) is 7.62. The molecule has 2 aromatic heterocycles. The summed E-state index contributed by atoms with van der Waals surface area (Å²) in [4.78, 5) is 30.4. The average Bonchev–Trinajstić information content (AvgIpc) is 3.29. The number of fused-ring (bicyclic) bond motifs is 3. The molecule has 2 aromatic rings. The Kier molecular flexibility index (Phi) is 4.35. The molecule has 5 rings (SSSR count). The second kappa shape index (κ2) is 6.89. The van der Waals surface area contributed by atoms with Gasteiger partial charge in [-0.05, 0) is 37.7 Å². The maximum atomic E-state index is 12.8. The van der Waals surface area contributed by atoms with Crippen LogP contribution in [0, 0.1) is 6.92 Å². The first-order valence-corrected chi connectivity index (χ1v) is 10.5. The Balaban J connectivity index is 1.36. The summed E-state index contributed by atoms with van der Waals surface area (Å²) in [5, 5.41) is 15.5. The second-order valence-corrected chi connectivity index (χ2v) is 8.57. The topological polar surface area (TPSA) is 109 Å². The Morgan fingerprint density at radius 2 is 1.93 bits per heavy atom. The van der Waals surface area contributed by atoms with Crippen molar-refractivity contribution in [1.29, 1.82) is 0 Å². The van der Waals surface area contributed by atoms with Crippen LogP contribution in [0.4, 0.5) is 0 Å². The number of nitrogens with one attached hydrogen (secondary N) is 1. The lowest BCUT2D eigenvalue weighted by atomic mass is 9.93. The first kappa shape index (κ1) is 17.7. The minimum absolute atomic E-state index is 0.0592. The van der Waals surface area contributed by atoms with Gasteiger partial charge in [0, 0.05) is 38.8 Å². The van der Waals surface area contributed by atoms with E-state index in [-0.39, 0.29) is 23.9 Å². The normalized spacial score (nSPS) is 22.3. The molecule has 3 aliphatic rings. The Bertz CT molecular complexity index is 920. The maximum Gasteiger partial charge on any atom is 0.289 e. The quantitative estimate of drug-likeness (QED) is 0.783. The third kappa shape index (κ3) is 2.89. The van der Waals surface area contributed by atoms with E-state index < -0.39 is 0 Å². The molecule has 0 bridgehead atoms. The van der Waals surface area contributed by atoms with Crippen LogP contribution in [0.25, 0.3) is 0 Å². The number of carbonyl (C=O) groups is 2. The number of aryl methyl sites for hydroxylation is 1. The molecule has 148 valence electrons. The van der Waals surface area contributed by atoms with Crippen LogP contribution in [0.5, 0.6) is 0 Å². The highest BCUT2D eigenvalue weighted by Gasteiger charge is 2.39. The predicted molar refractivity (Wildman–Crippen MR) is 100.0 cm³/mol. The minimum atomic E-state index is -0.148. The van der Waals surface area contributed by atoms with E-state index in [4.69, 9.17) is 0 Å². The fourth-order valence-electron chi connectivity index (χ4n) is 4.08. The van der Waals surface area contributed by atoms with Crippen LogP contribution in [0.15, 0.2) is 0 Å². The number of carbonyl (C=O) groups excluding carboxylic acids is 2. The van der Waals surface area contributed by atoms with Gasteiger partial charge in [0.1, 0.15) is 0 Å². The summed E-state index contributed by atoms with van der Waals surface area (Å²) >= 11 is 1.24. The average molecular weight is 402 g/mol. The predicted octanol–water partition coefficient (Wildman–Crippen LogP) is 0.233. The molecule has 10 nitrogen and oxygen atoms in total. The minimum Gasteiger partial charge on any atom is -0.347 e. The van der Waals surface area contributed by atoms with Crippen LogP contribution in [-0.4, -0.2) is 78.2 Å². The Morgan fingerprint density at radius 3 is 2.64 bits per heavy atom. The van der Waals surface area contributed by atoms with Crippen LogP contribution in [0.3, 0.4) is 0 Å². The standard InChI is InChI=1S/C17H22N8O2S/c1-10-13(19-22-28-10)17(27)24-6-5-23-7-8-25-14(12(23)9-24)20-21-15(25)16(26)18-11-3-2-4-11/h11-12H,2-9H2,1H3,(H,18,26). The molecule has 1 saturated carbocycles. The molecule has 0 radical (unpaired) electrons. The first-order chi connectivity index (χ1) is 13.6. The van der Waals surface area contributed by atoms with E-state index in [1.807, 2.05) is 16.4 Å². The van der Waals surface area contributed by atoms with Gasteiger partial charge >= 0.3 is 0 Å². The lowest BCUT2D eigenvalue weighted by molar-refractivity contribution is 0.0368. The first-order valence-electron chi connectivity index (χ1n) is 9.68. The Morgan fingerprint density at radius 1 is 1.11 bits per heavy atom. The fraction of sp³-hybridized carbons (Fsp3) is 0.647. The number of rotatable bonds is 3. The smallest absolute Gasteiger partial charge is 0.289 e. The van der Waals surface area contributed by atoms with Crippen molar-refractivity contribution in [3.05, 3.63) is 22.2 Å². The molecule has 2 aliphatic heterocycles. The van der Waals surface area contributed by atoms with Crippen LogP contribution >= 0.6 is 11.5 Å². The van der Waals surface area contributed by atoms with Gasteiger partial charge < -0.3 is 14.8 Å². The maximum absolute atomic E-state index is 12.8. The molecule has 2 fully saturated rings. The van der Waals surface area contributed by atoms with E-state index in [9.17, 15) is 9.59 Å². The van der Waals surface area contributed by atoms with Gasteiger partial charge in [0.15, 0.2) is 11.5 Å². The summed E-state index contributed by atoms with van der Waals surface area (Å²) < 4.78 is 5.79. The van der Waals surface area contributed by atoms with Gasteiger partial charge in [-0.1, -0.05) is 4.49 Å². The van der Waals surface area contributed by atoms with Crippen molar-refractivity contribution in [2.75, 3.05) is 26.2 Å². The third-order valence-corrected chi connectivity index (χ3v) is 6.60. The highest BCUT2D eigenvalue weighted by molar-refractivity contribution is 7.05. The number of nitrogens with zero attached hydrogens (tertiary/aromatic N) is 7. The lowest BCUT2D eigenvalue weighted by Crippen LogP contribution is -2.54. The molecular weight excluding hydrogens is 380 g/mol. The summed E-state index contributed by atoms with van der Waals surface area (Å²) in [6.45, 7) is 5.30. The zero-order valence-electron chi connectivity index (χ0n) is 15.7. The zero-order chi connectivity index (χ0) is 19.3. The number of hydrogen-bond acceptors (Lipinski definition) is 8. The van der Waals surface area contributed by atoms with Gasteiger partial charge in [-0.3, -0.25) is 14.5 Å². The number of hydrogen-bond donors (Lipinski definition) is 1. The molecule has 1 atom stereocenters. The van der Waals surface area contributed by atoms with E-state index >= 15 is 0 Å². The van der Waals surface area contributed by atoms with Gasteiger partial charge in [0.2, 0.25) is 5.82 Å². The van der Waals surface area contributed by atoms with Crippen LogP contribution in [0.2, 0.25) is 0 Å². The SMILES string of the molecule is Cc1snnc1C(=O)N1CCN2CCn3c(C(=O)NC4CCC4)nnc3C2C1. The molecule has 0 spiro atoms. The van der Waals surface area contributed by atoms with Crippen molar-refractivity contribution < 1.29 is 9.59 Å². The molecule has 28 heavy (non-hydrogen) atoms. The molecule has 1 unspecified atom stereocenters. The largest absolute Gasteiger partial charge is 0.347 e. The third-order valence-electron chi connectivity index (χ3n) is 5.96. The summed E-state index contributed by atoms with van der Waals surface area (Å²) in [5.41, 5.74) is 0.427. The van der Waals surface area contributed by atoms with Crippen molar-refractivity contribution in [1.82, 2.24) is 39.5 Å². The van der Waals surface area contributed by atoms with E-state index in [0.717, 1.165) is 43.1 Å². The Hall–Kier alpha value is -2.40. The number of aromatic nitrogens is 5. The highest BCUT2D eigenvalue weighted by Crippen LogP contribution is 2.29. The van der Waals surface area contributed by atoms with Gasteiger partial charge in [0.05, 0.1) is 10.9 Å². The van der Waals surface area contributed by atoms with Crippen molar-refractivity contribution in [3.63, 3.8) is 0 Å². The molecule has 1 saturated heterocycles. The monoisotopic (exact) mass is 402 g/mol. The van der Waals surface area contributed by atoms with E-state index in [1.54, 1.807) is 0 Å².